The summed E-state index contributed by atoms with van der Waals surface area (Å²) in [5.74, 6) is -0.861. The van der Waals surface area contributed by atoms with E-state index in [1.807, 2.05) is 0 Å². The van der Waals surface area contributed by atoms with E-state index in [1.54, 1.807) is 0 Å². The van der Waals surface area contributed by atoms with E-state index in [2.05, 4.69) is 45.1 Å². The van der Waals surface area contributed by atoms with E-state index in [4.69, 9.17) is 14.2 Å². The highest BCUT2D eigenvalue weighted by Gasteiger charge is 2.19. The molecule has 0 radical (unpaired) electrons. The lowest BCUT2D eigenvalue weighted by Crippen LogP contribution is -2.30. The normalized spacial score (nSPS) is 12.1. The Balaban J connectivity index is 3.99. The second-order valence-corrected chi connectivity index (χ2v) is 21.7. The third-order valence-electron chi connectivity index (χ3n) is 14.5. The van der Waals surface area contributed by atoms with Gasteiger partial charge in [-0.25, -0.2) is 0 Å². The minimum absolute atomic E-state index is 0.0674. The summed E-state index contributed by atoms with van der Waals surface area (Å²) < 4.78 is 16.8. The van der Waals surface area contributed by atoms with Gasteiger partial charge < -0.3 is 14.2 Å². The molecule has 0 aromatic carbocycles. The minimum atomic E-state index is -0.766. The van der Waals surface area contributed by atoms with Crippen LogP contribution >= 0.6 is 0 Å². The molecule has 0 bridgehead atoms. The fourth-order valence-electron chi connectivity index (χ4n) is 9.65. The Hall–Kier alpha value is -2.11. The van der Waals surface area contributed by atoms with Gasteiger partial charge in [0.05, 0.1) is 0 Å². The number of esters is 3. The van der Waals surface area contributed by atoms with Crippen LogP contribution in [0.15, 0.2) is 24.3 Å². The summed E-state index contributed by atoms with van der Waals surface area (Å²) in [7, 11) is 0. The van der Waals surface area contributed by atoms with E-state index in [0.717, 1.165) is 70.6 Å². The van der Waals surface area contributed by atoms with Crippen LogP contribution in [0.4, 0.5) is 0 Å². The van der Waals surface area contributed by atoms with Crippen molar-refractivity contribution in [2.45, 2.75) is 361 Å². The molecule has 0 aromatic heterocycles. The zero-order chi connectivity index (χ0) is 51.4. The minimum Gasteiger partial charge on any atom is -0.462 e. The third kappa shape index (κ3) is 58.7. The highest BCUT2D eigenvalue weighted by Crippen LogP contribution is 2.18. The maximum absolute atomic E-state index is 12.8. The number of carbonyl (C=O) groups excluding carboxylic acids is 3. The number of unbranched alkanes of at least 4 members (excludes halogenated alkanes) is 44. The first-order chi connectivity index (χ1) is 35.0. The average Bonchev–Trinajstić information content (AvgIpc) is 3.37. The van der Waals surface area contributed by atoms with Crippen LogP contribution in [0.25, 0.3) is 0 Å². The molecular formula is C65H122O6. The zero-order valence-corrected chi connectivity index (χ0v) is 48.0. The van der Waals surface area contributed by atoms with Crippen LogP contribution in [0.2, 0.25) is 0 Å². The standard InChI is InChI=1S/C65H122O6/c1-4-7-10-13-15-17-19-21-23-25-27-29-31-32-34-35-37-39-41-43-45-47-49-52-55-58-64(67)70-61-62(60-69-63(66)57-54-51-12-9-6-3)71-65(68)59-56-53-50-48-46-44-42-40-38-36-33-30-28-26-24-22-20-18-16-14-11-8-5-2/h20,22,26,28,62H,4-19,21,23-25,27,29-61H2,1-3H3/b22-20-,28-26-. The van der Waals surface area contributed by atoms with Gasteiger partial charge in [0.2, 0.25) is 0 Å². The molecule has 0 spiro atoms. The summed E-state index contributed by atoms with van der Waals surface area (Å²) >= 11 is 0. The predicted molar refractivity (Wildman–Crippen MR) is 307 cm³/mol. The smallest absolute Gasteiger partial charge is 0.306 e. The first-order valence-corrected chi connectivity index (χ1v) is 31.8. The topological polar surface area (TPSA) is 78.9 Å². The largest absolute Gasteiger partial charge is 0.462 e. The number of rotatable bonds is 59. The van der Waals surface area contributed by atoms with Crippen molar-refractivity contribution in [3.63, 3.8) is 0 Å². The maximum Gasteiger partial charge on any atom is 0.306 e. The fourth-order valence-corrected chi connectivity index (χ4v) is 9.65. The molecule has 1 unspecified atom stereocenters. The van der Waals surface area contributed by atoms with Crippen LogP contribution in [0, 0.1) is 0 Å². The quantitative estimate of drug-likeness (QED) is 0.0261. The van der Waals surface area contributed by atoms with Gasteiger partial charge in [0.25, 0.3) is 0 Å². The fraction of sp³-hybridized carbons (Fsp3) is 0.892. The molecule has 0 rings (SSSR count). The second kappa shape index (κ2) is 60.4. The Bertz CT molecular complexity index is 1150. The van der Waals surface area contributed by atoms with Crippen LogP contribution in [-0.4, -0.2) is 37.2 Å². The molecule has 0 N–H and O–H groups in total. The first kappa shape index (κ1) is 68.9. The van der Waals surface area contributed by atoms with Crippen molar-refractivity contribution in [3.05, 3.63) is 24.3 Å². The van der Waals surface area contributed by atoms with Gasteiger partial charge >= 0.3 is 17.9 Å². The number of hydrogen-bond donors (Lipinski definition) is 0. The molecule has 0 amide bonds. The molecule has 0 aromatic rings. The summed E-state index contributed by atoms with van der Waals surface area (Å²) in [6.07, 6.45) is 72.4. The SMILES string of the molecule is CCCCCCC/C=C\C/C=C\CCCCCCCCCCCCCC(=O)OC(COC(=O)CCCCCCC)COC(=O)CCCCCCCCCCCCCCCCCCCCCCCCCCC. The lowest BCUT2D eigenvalue weighted by atomic mass is 10.0. The van der Waals surface area contributed by atoms with Crippen molar-refractivity contribution >= 4 is 17.9 Å². The van der Waals surface area contributed by atoms with Crippen LogP contribution in [0.5, 0.6) is 0 Å². The van der Waals surface area contributed by atoms with Crippen molar-refractivity contribution in [3.8, 4) is 0 Å². The van der Waals surface area contributed by atoms with Gasteiger partial charge in [-0.1, -0.05) is 308 Å². The van der Waals surface area contributed by atoms with Crippen molar-refractivity contribution in [2.24, 2.45) is 0 Å². The number of carbonyl (C=O) groups is 3. The molecule has 0 aliphatic heterocycles. The summed E-state index contributed by atoms with van der Waals surface area (Å²) in [5.41, 5.74) is 0. The highest BCUT2D eigenvalue weighted by atomic mass is 16.6. The van der Waals surface area contributed by atoms with Gasteiger partial charge in [0.1, 0.15) is 13.2 Å². The van der Waals surface area contributed by atoms with E-state index >= 15 is 0 Å². The van der Waals surface area contributed by atoms with Gasteiger partial charge in [-0.3, -0.25) is 14.4 Å². The number of ether oxygens (including phenoxy) is 3. The Kier molecular flexibility index (Phi) is 58.6. The third-order valence-corrected chi connectivity index (χ3v) is 14.5. The van der Waals surface area contributed by atoms with Crippen LogP contribution in [-0.2, 0) is 28.6 Å². The molecule has 0 saturated carbocycles. The summed E-state index contributed by atoms with van der Waals surface area (Å²) in [6, 6.07) is 0. The van der Waals surface area contributed by atoms with Gasteiger partial charge in [-0.2, -0.15) is 0 Å². The van der Waals surface area contributed by atoms with Crippen molar-refractivity contribution in [2.75, 3.05) is 13.2 Å². The highest BCUT2D eigenvalue weighted by molar-refractivity contribution is 5.71. The molecule has 1 atom stereocenters. The Morgan fingerprint density at radius 3 is 0.775 bits per heavy atom. The average molecular weight is 1000 g/mol. The van der Waals surface area contributed by atoms with Crippen molar-refractivity contribution < 1.29 is 28.6 Å². The molecular weight excluding hydrogens is 877 g/mol. The number of hydrogen-bond acceptors (Lipinski definition) is 6. The summed E-state index contributed by atoms with van der Waals surface area (Å²) in [5, 5.41) is 0. The first-order valence-electron chi connectivity index (χ1n) is 31.8. The molecule has 0 aliphatic carbocycles. The molecule has 0 aliphatic rings. The Morgan fingerprint density at radius 2 is 0.507 bits per heavy atom. The van der Waals surface area contributed by atoms with Gasteiger partial charge in [0.15, 0.2) is 6.10 Å². The van der Waals surface area contributed by atoms with Crippen LogP contribution in [0.3, 0.4) is 0 Å². The van der Waals surface area contributed by atoms with Crippen molar-refractivity contribution in [1.29, 1.82) is 0 Å². The zero-order valence-electron chi connectivity index (χ0n) is 48.0. The molecule has 0 fully saturated rings. The molecule has 418 valence electrons. The summed E-state index contributed by atoms with van der Waals surface area (Å²) in [6.45, 7) is 6.61. The van der Waals surface area contributed by atoms with E-state index in [0.29, 0.717) is 19.3 Å². The maximum atomic E-state index is 12.8. The van der Waals surface area contributed by atoms with E-state index < -0.39 is 6.10 Å². The van der Waals surface area contributed by atoms with E-state index in [-0.39, 0.29) is 31.1 Å². The molecule has 6 heteroatoms. The van der Waals surface area contributed by atoms with E-state index in [9.17, 15) is 14.4 Å². The van der Waals surface area contributed by atoms with Crippen LogP contribution < -0.4 is 0 Å². The summed E-state index contributed by atoms with van der Waals surface area (Å²) in [4.78, 5) is 37.9. The Morgan fingerprint density at radius 1 is 0.282 bits per heavy atom. The molecule has 0 heterocycles. The van der Waals surface area contributed by atoms with Gasteiger partial charge in [-0.05, 0) is 51.4 Å². The number of allylic oxidation sites excluding steroid dienone is 4. The lowest BCUT2D eigenvalue weighted by Gasteiger charge is -2.18. The molecule has 0 saturated heterocycles. The van der Waals surface area contributed by atoms with Crippen molar-refractivity contribution in [1.82, 2.24) is 0 Å². The molecule has 71 heavy (non-hydrogen) atoms. The van der Waals surface area contributed by atoms with Gasteiger partial charge in [0, 0.05) is 19.3 Å². The van der Waals surface area contributed by atoms with Crippen LogP contribution in [0.1, 0.15) is 355 Å². The second-order valence-electron chi connectivity index (χ2n) is 21.7. The monoisotopic (exact) mass is 999 g/mol. The molecule has 6 nitrogen and oxygen atoms in total. The van der Waals surface area contributed by atoms with E-state index in [1.165, 1.54) is 244 Å². The van der Waals surface area contributed by atoms with Gasteiger partial charge in [-0.15, -0.1) is 0 Å². The predicted octanol–water partition coefficient (Wildman–Crippen LogP) is 21.4. The lowest BCUT2D eigenvalue weighted by molar-refractivity contribution is -0.167. The Labute approximate surface area is 443 Å².